The Morgan fingerprint density at radius 2 is 1.86 bits per heavy atom. The molecule has 2 aromatic rings. The molecule has 1 aromatic carbocycles. The molecule has 1 saturated carbocycles. The molecular formula is C15H14FN3O2. The Kier molecular flexibility index (Phi) is 2.54. The van der Waals surface area contributed by atoms with Gasteiger partial charge in [0.1, 0.15) is 5.82 Å². The van der Waals surface area contributed by atoms with Crippen molar-refractivity contribution in [3.63, 3.8) is 0 Å². The number of hydrogen-bond acceptors (Lipinski definition) is 2. The summed E-state index contributed by atoms with van der Waals surface area (Å²) in [6.07, 6.45) is 1.03. The first-order valence-electron chi connectivity index (χ1n) is 6.93. The highest BCUT2D eigenvalue weighted by Gasteiger charge is 2.58. The van der Waals surface area contributed by atoms with Crippen LogP contribution in [0, 0.1) is 17.7 Å². The number of halogens is 1. The van der Waals surface area contributed by atoms with Crippen LogP contribution in [0.1, 0.15) is 11.6 Å². The van der Waals surface area contributed by atoms with Crippen molar-refractivity contribution in [3.8, 4) is 5.69 Å². The van der Waals surface area contributed by atoms with Crippen LogP contribution < -0.4 is 0 Å². The number of rotatable bonds is 2. The molecule has 1 N–H and O–H groups in total. The van der Waals surface area contributed by atoms with Gasteiger partial charge >= 0.3 is 6.09 Å². The lowest BCUT2D eigenvalue weighted by Crippen LogP contribution is -2.29. The Bertz CT molecular complexity index is 685. The van der Waals surface area contributed by atoms with Crippen LogP contribution in [-0.4, -0.2) is 39.0 Å². The highest BCUT2D eigenvalue weighted by Crippen LogP contribution is 2.57. The van der Waals surface area contributed by atoms with E-state index in [2.05, 4.69) is 5.10 Å². The van der Waals surface area contributed by atoms with E-state index in [1.807, 2.05) is 12.3 Å². The van der Waals surface area contributed by atoms with Crippen LogP contribution in [0.2, 0.25) is 0 Å². The second-order valence-corrected chi connectivity index (χ2v) is 5.70. The lowest BCUT2D eigenvalue weighted by atomic mass is 10.2. The minimum atomic E-state index is -0.835. The molecule has 2 aliphatic rings. The van der Waals surface area contributed by atoms with Crippen LogP contribution in [0.4, 0.5) is 9.18 Å². The Labute approximate surface area is 120 Å². The number of nitrogens with zero attached hydrogens (tertiary/aromatic N) is 3. The minimum Gasteiger partial charge on any atom is -0.465 e. The predicted molar refractivity (Wildman–Crippen MR) is 72.8 cm³/mol. The van der Waals surface area contributed by atoms with Crippen LogP contribution in [0.15, 0.2) is 36.5 Å². The fraction of sp³-hybridized carbons (Fsp3) is 0.333. The minimum absolute atomic E-state index is 0.267. The van der Waals surface area contributed by atoms with Gasteiger partial charge in [0, 0.05) is 25.2 Å². The molecule has 1 aliphatic heterocycles. The number of piperidine rings is 1. The maximum atomic E-state index is 12.9. The number of benzene rings is 1. The Hall–Kier alpha value is -2.37. The van der Waals surface area contributed by atoms with Gasteiger partial charge in [-0.15, -0.1) is 0 Å². The van der Waals surface area contributed by atoms with E-state index in [0.717, 1.165) is 11.4 Å². The molecule has 6 heteroatoms. The van der Waals surface area contributed by atoms with Gasteiger partial charge in [-0.05, 0) is 42.2 Å². The molecule has 1 amide bonds. The molecule has 0 radical (unpaired) electrons. The summed E-state index contributed by atoms with van der Waals surface area (Å²) in [5.41, 5.74) is 1.82. The standard InChI is InChI=1S/C15H14FN3O2/c16-9-1-3-10(4-2-9)19-6-5-13(17-19)14-11-7-18(15(20)21)8-12(11)14/h1-6,11-12,14H,7-8H2,(H,20,21)/t11-,12+,14?. The molecule has 2 fully saturated rings. The van der Waals surface area contributed by atoms with Crippen molar-refractivity contribution in [2.45, 2.75) is 5.92 Å². The molecule has 4 rings (SSSR count). The third-order valence-electron chi connectivity index (χ3n) is 4.51. The molecule has 1 aromatic heterocycles. The highest BCUT2D eigenvalue weighted by molar-refractivity contribution is 5.66. The zero-order valence-corrected chi connectivity index (χ0v) is 11.2. The Balaban J connectivity index is 1.50. The molecule has 0 spiro atoms. The molecule has 5 nitrogen and oxygen atoms in total. The summed E-state index contributed by atoms with van der Waals surface area (Å²) in [6.45, 7) is 1.21. The van der Waals surface area contributed by atoms with Gasteiger partial charge in [0.15, 0.2) is 0 Å². The van der Waals surface area contributed by atoms with Crippen molar-refractivity contribution in [1.82, 2.24) is 14.7 Å². The fourth-order valence-corrected chi connectivity index (χ4v) is 3.37. The fourth-order valence-electron chi connectivity index (χ4n) is 3.37. The van der Waals surface area contributed by atoms with Gasteiger partial charge in [0.05, 0.1) is 11.4 Å². The summed E-state index contributed by atoms with van der Waals surface area (Å²) in [5.74, 6) is 0.897. The van der Waals surface area contributed by atoms with Gasteiger partial charge in [-0.25, -0.2) is 13.9 Å². The third kappa shape index (κ3) is 1.98. The predicted octanol–water partition coefficient (Wildman–Crippen LogP) is 2.33. The smallest absolute Gasteiger partial charge is 0.407 e. The summed E-state index contributed by atoms with van der Waals surface area (Å²) in [6, 6.07) is 8.16. The van der Waals surface area contributed by atoms with E-state index in [1.54, 1.807) is 16.8 Å². The van der Waals surface area contributed by atoms with Crippen LogP contribution in [0.5, 0.6) is 0 Å². The van der Waals surface area contributed by atoms with Gasteiger partial charge < -0.3 is 10.0 Å². The van der Waals surface area contributed by atoms with Crippen molar-refractivity contribution in [2.24, 2.45) is 11.8 Å². The van der Waals surface area contributed by atoms with Crippen LogP contribution >= 0.6 is 0 Å². The van der Waals surface area contributed by atoms with E-state index < -0.39 is 6.09 Å². The Morgan fingerprint density at radius 3 is 2.48 bits per heavy atom. The summed E-state index contributed by atoms with van der Waals surface area (Å²) in [5, 5.41) is 13.5. The number of likely N-dealkylation sites (tertiary alicyclic amines) is 1. The van der Waals surface area contributed by atoms with Gasteiger partial charge in [-0.1, -0.05) is 0 Å². The number of fused-ring (bicyclic) bond motifs is 1. The van der Waals surface area contributed by atoms with Gasteiger partial charge in [-0.3, -0.25) is 0 Å². The number of carboxylic acid groups (broad SMARTS) is 1. The van der Waals surface area contributed by atoms with Crippen molar-refractivity contribution in [2.75, 3.05) is 13.1 Å². The first-order valence-corrected chi connectivity index (χ1v) is 6.93. The summed E-state index contributed by atoms with van der Waals surface area (Å²) >= 11 is 0. The zero-order chi connectivity index (χ0) is 14.6. The molecule has 21 heavy (non-hydrogen) atoms. The number of aromatic nitrogens is 2. The van der Waals surface area contributed by atoms with Crippen LogP contribution in [0.25, 0.3) is 5.69 Å². The first kappa shape index (κ1) is 12.4. The van der Waals surface area contributed by atoms with E-state index in [9.17, 15) is 9.18 Å². The average molecular weight is 287 g/mol. The Morgan fingerprint density at radius 1 is 1.19 bits per heavy atom. The molecule has 1 saturated heterocycles. The van der Waals surface area contributed by atoms with E-state index >= 15 is 0 Å². The molecule has 1 unspecified atom stereocenters. The maximum Gasteiger partial charge on any atom is 0.407 e. The summed E-state index contributed by atoms with van der Waals surface area (Å²) in [4.78, 5) is 12.4. The van der Waals surface area contributed by atoms with Gasteiger partial charge in [-0.2, -0.15) is 5.10 Å². The molecule has 0 bridgehead atoms. The highest BCUT2D eigenvalue weighted by atomic mass is 19.1. The number of hydrogen-bond donors (Lipinski definition) is 1. The van der Waals surface area contributed by atoms with Crippen molar-refractivity contribution in [3.05, 3.63) is 48.0 Å². The second kappa shape index (κ2) is 4.31. The largest absolute Gasteiger partial charge is 0.465 e. The SMILES string of the molecule is O=C(O)N1C[C@@H]2C(c3ccn(-c4ccc(F)cc4)n3)[C@@H]2C1. The van der Waals surface area contributed by atoms with Gasteiger partial charge in [0.25, 0.3) is 0 Å². The zero-order valence-electron chi connectivity index (χ0n) is 11.2. The van der Waals surface area contributed by atoms with E-state index in [1.165, 1.54) is 17.0 Å². The molecular weight excluding hydrogens is 273 g/mol. The monoisotopic (exact) mass is 287 g/mol. The van der Waals surface area contributed by atoms with E-state index in [4.69, 9.17) is 5.11 Å². The lowest BCUT2D eigenvalue weighted by molar-refractivity contribution is 0.150. The molecule has 3 atom stereocenters. The molecule has 2 heterocycles. The summed E-state index contributed by atoms with van der Waals surface area (Å²) < 4.78 is 14.7. The van der Waals surface area contributed by atoms with Crippen molar-refractivity contribution in [1.29, 1.82) is 0 Å². The third-order valence-corrected chi connectivity index (χ3v) is 4.51. The van der Waals surface area contributed by atoms with E-state index in [-0.39, 0.29) is 5.82 Å². The van der Waals surface area contributed by atoms with Crippen LogP contribution in [0.3, 0.4) is 0 Å². The van der Waals surface area contributed by atoms with Gasteiger partial charge in [0.2, 0.25) is 0 Å². The molecule has 108 valence electrons. The average Bonchev–Trinajstić information content (AvgIpc) is 2.87. The summed E-state index contributed by atoms with van der Waals surface area (Å²) in [7, 11) is 0. The normalized spacial score (nSPS) is 26.7. The van der Waals surface area contributed by atoms with E-state index in [0.29, 0.717) is 30.8 Å². The quantitative estimate of drug-likeness (QED) is 0.922. The first-order chi connectivity index (χ1) is 10.1. The number of carbonyl (C=O) groups is 1. The number of amides is 1. The topological polar surface area (TPSA) is 58.4 Å². The molecule has 1 aliphatic carbocycles. The van der Waals surface area contributed by atoms with Crippen molar-refractivity contribution >= 4 is 6.09 Å². The second-order valence-electron chi connectivity index (χ2n) is 5.70. The lowest BCUT2D eigenvalue weighted by Gasteiger charge is -2.14. The van der Waals surface area contributed by atoms with Crippen molar-refractivity contribution < 1.29 is 14.3 Å². The maximum absolute atomic E-state index is 12.9. The van der Waals surface area contributed by atoms with Crippen LogP contribution in [-0.2, 0) is 0 Å².